The van der Waals surface area contributed by atoms with E-state index in [9.17, 15) is 4.79 Å². The smallest absolute Gasteiger partial charge is 0.251 e. The molecule has 0 saturated carbocycles. The van der Waals surface area contributed by atoms with E-state index in [1.165, 1.54) is 22.3 Å². The van der Waals surface area contributed by atoms with Crippen molar-refractivity contribution in [3.05, 3.63) is 107 Å². The summed E-state index contributed by atoms with van der Waals surface area (Å²) in [5.41, 5.74) is 6.10. The molecule has 5 rings (SSSR count). The summed E-state index contributed by atoms with van der Waals surface area (Å²) >= 11 is 0. The maximum absolute atomic E-state index is 12.9. The van der Waals surface area contributed by atoms with E-state index in [4.69, 9.17) is 4.74 Å². The number of hydrogen-bond acceptors (Lipinski definition) is 3. The van der Waals surface area contributed by atoms with Crippen LogP contribution in [0.1, 0.15) is 45.5 Å². The van der Waals surface area contributed by atoms with Crippen molar-refractivity contribution in [3.8, 4) is 0 Å². The van der Waals surface area contributed by atoms with Crippen molar-refractivity contribution in [2.24, 2.45) is 0 Å². The van der Waals surface area contributed by atoms with Gasteiger partial charge in [-0.1, -0.05) is 66.7 Å². The molecular formula is C29H32N2O2. The molecule has 0 aromatic heterocycles. The van der Waals surface area contributed by atoms with Gasteiger partial charge in [-0.2, -0.15) is 0 Å². The van der Waals surface area contributed by atoms with Gasteiger partial charge in [0.25, 0.3) is 5.91 Å². The van der Waals surface area contributed by atoms with Crippen LogP contribution in [-0.4, -0.2) is 37.1 Å². The lowest BCUT2D eigenvalue weighted by Crippen LogP contribution is -2.44. The fourth-order valence-corrected chi connectivity index (χ4v) is 5.18. The Bertz CT molecular complexity index is 1070. The number of nitrogens with one attached hydrogen (secondary N) is 1. The van der Waals surface area contributed by atoms with Crippen molar-refractivity contribution in [3.63, 3.8) is 0 Å². The van der Waals surface area contributed by atoms with Crippen LogP contribution in [0.25, 0.3) is 0 Å². The molecule has 0 radical (unpaired) electrons. The number of benzene rings is 3. The van der Waals surface area contributed by atoms with Gasteiger partial charge in [-0.3, -0.25) is 9.69 Å². The Morgan fingerprint density at radius 3 is 2.33 bits per heavy atom. The van der Waals surface area contributed by atoms with Crippen LogP contribution in [0.5, 0.6) is 0 Å². The highest BCUT2D eigenvalue weighted by Crippen LogP contribution is 2.34. The average molecular weight is 441 g/mol. The Balaban J connectivity index is 1.20. The molecule has 2 aliphatic rings. The Kier molecular flexibility index (Phi) is 6.56. The number of nitrogens with zero attached hydrogens (tertiary/aromatic N) is 1. The standard InChI is InChI=1S/C29H32N2O2/c32-28(30-22-29(15-18-33-19-16-29)27-8-2-1-3-9-27)25-12-10-23(11-13-25)20-31-17-14-24-6-4-5-7-26(24)21-31/h1-13H,14-22H2,(H,30,32). The molecule has 0 bridgehead atoms. The van der Waals surface area contributed by atoms with Gasteiger partial charge in [-0.05, 0) is 53.6 Å². The first kappa shape index (κ1) is 21.9. The quantitative estimate of drug-likeness (QED) is 0.603. The minimum Gasteiger partial charge on any atom is -0.381 e. The van der Waals surface area contributed by atoms with Gasteiger partial charge in [-0.15, -0.1) is 0 Å². The first-order valence-corrected chi connectivity index (χ1v) is 12.0. The second-order valence-corrected chi connectivity index (χ2v) is 9.37. The van der Waals surface area contributed by atoms with Crippen molar-refractivity contribution in [2.45, 2.75) is 37.8 Å². The van der Waals surface area contributed by atoms with Crippen LogP contribution in [0.4, 0.5) is 0 Å². The number of carbonyl (C=O) groups is 1. The molecule has 0 atom stereocenters. The molecule has 4 heteroatoms. The Morgan fingerprint density at radius 1 is 0.879 bits per heavy atom. The third kappa shape index (κ3) is 5.02. The zero-order valence-corrected chi connectivity index (χ0v) is 19.1. The molecule has 0 spiro atoms. The zero-order valence-electron chi connectivity index (χ0n) is 19.1. The molecule has 1 N–H and O–H groups in total. The molecule has 170 valence electrons. The summed E-state index contributed by atoms with van der Waals surface area (Å²) in [4.78, 5) is 15.4. The molecule has 0 aliphatic carbocycles. The lowest BCUT2D eigenvalue weighted by molar-refractivity contribution is 0.0487. The van der Waals surface area contributed by atoms with E-state index in [2.05, 4.69) is 70.9 Å². The van der Waals surface area contributed by atoms with Crippen LogP contribution in [0.15, 0.2) is 78.9 Å². The molecule has 1 fully saturated rings. The minimum absolute atomic E-state index is 0.00440. The Morgan fingerprint density at radius 2 is 1.58 bits per heavy atom. The molecule has 4 nitrogen and oxygen atoms in total. The van der Waals surface area contributed by atoms with Crippen LogP contribution in [-0.2, 0) is 29.7 Å². The maximum atomic E-state index is 12.9. The van der Waals surface area contributed by atoms with E-state index in [-0.39, 0.29) is 11.3 Å². The molecule has 2 heterocycles. The maximum Gasteiger partial charge on any atom is 0.251 e. The summed E-state index contributed by atoms with van der Waals surface area (Å²) in [6.45, 7) is 5.08. The van der Waals surface area contributed by atoms with Gasteiger partial charge in [0, 0.05) is 50.4 Å². The number of carbonyl (C=O) groups excluding carboxylic acids is 1. The van der Waals surface area contributed by atoms with Gasteiger partial charge >= 0.3 is 0 Å². The fraction of sp³-hybridized carbons (Fsp3) is 0.345. The predicted molar refractivity (Wildman–Crippen MR) is 131 cm³/mol. The fourth-order valence-electron chi connectivity index (χ4n) is 5.18. The first-order chi connectivity index (χ1) is 16.2. The second-order valence-electron chi connectivity index (χ2n) is 9.37. The number of hydrogen-bond donors (Lipinski definition) is 1. The molecule has 3 aromatic carbocycles. The van der Waals surface area contributed by atoms with Crippen molar-refractivity contribution < 1.29 is 9.53 Å². The molecule has 2 aliphatic heterocycles. The molecule has 33 heavy (non-hydrogen) atoms. The van der Waals surface area contributed by atoms with Crippen molar-refractivity contribution in [1.29, 1.82) is 0 Å². The third-order valence-electron chi connectivity index (χ3n) is 7.26. The normalized spacial score (nSPS) is 17.8. The van der Waals surface area contributed by atoms with E-state index in [0.29, 0.717) is 6.54 Å². The SMILES string of the molecule is O=C(NCC1(c2ccccc2)CCOCC1)c1ccc(CN2CCc3ccccc3C2)cc1. The monoisotopic (exact) mass is 440 g/mol. The van der Waals surface area contributed by atoms with Gasteiger partial charge in [0.15, 0.2) is 0 Å². The van der Waals surface area contributed by atoms with Crippen LogP contribution in [0.3, 0.4) is 0 Å². The Hall–Kier alpha value is -2.95. The largest absolute Gasteiger partial charge is 0.381 e. The molecule has 1 saturated heterocycles. The highest BCUT2D eigenvalue weighted by molar-refractivity contribution is 5.94. The summed E-state index contributed by atoms with van der Waals surface area (Å²) in [5, 5.41) is 3.21. The second kappa shape index (κ2) is 9.90. The van der Waals surface area contributed by atoms with Crippen molar-refractivity contribution in [1.82, 2.24) is 10.2 Å². The van der Waals surface area contributed by atoms with Gasteiger partial charge in [0.2, 0.25) is 0 Å². The van der Waals surface area contributed by atoms with E-state index in [1.54, 1.807) is 0 Å². The van der Waals surface area contributed by atoms with Gasteiger partial charge < -0.3 is 10.1 Å². The summed E-state index contributed by atoms with van der Waals surface area (Å²) in [6.07, 6.45) is 2.95. The molecule has 0 unspecified atom stereocenters. The van der Waals surface area contributed by atoms with Crippen LogP contribution < -0.4 is 5.32 Å². The van der Waals surface area contributed by atoms with Gasteiger partial charge in [-0.25, -0.2) is 0 Å². The summed E-state index contributed by atoms with van der Waals surface area (Å²) in [5.74, 6) is -0.00440. The predicted octanol–water partition coefficient (Wildman–Crippen LogP) is 4.72. The summed E-state index contributed by atoms with van der Waals surface area (Å²) < 4.78 is 5.62. The van der Waals surface area contributed by atoms with Crippen molar-refractivity contribution in [2.75, 3.05) is 26.3 Å². The lowest BCUT2D eigenvalue weighted by atomic mass is 9.74. The zero-order chi connectivity index (χ0) is 22.5. The highest BCUT2D eigenvalue weighted by atomic mass is 16.5. The van der Waals surface area contributed by atoms with Gasteiger partial charge in [0.1, 0.15) is 0 Å². The average Bonchev–Trinajstić information content (AvgIpc) is 2.89. The first-order valence-electron chi connectivity index (χ1n) is 12.0. The van der Waals surface area contributed by atoms with Crippen LogP contribution >= 0.6 is 0 Å². The minimum atomic E-state index is -0.0559. The van der Waals surface area contributed by atoms with Crippen LogP contribution in [0.2, 0.25) is 0 Å². The number of fused-ring (bicyclic) bond motifs is 1. The van der Waals surface area contributed by atoms with E-state index in [1.807, 2.05) is 18.2 Å². The van der Waals surface area contributed by atoms with Crippen molar-refractivity contribution >= 4 is 5.91 Å². The third-order valence-corrected chi connectivity index (χ3v) is 7.26. The van der Waals surface area contributed by atoms with Gasteiger partial charge in [0.05, 0.1) is 0 Å². The van der Waals surface area contributed by atoms with E-state index in [0.717, 1.165) is 57.7 Å². The molecule has 3 aromatic rings. The topological polar surface area (TPSA) is 41.6 Å². The Labute approximate surface area is 196 Å². The summed E-state index contributed by atoms with van der Waals surface area (Å²) in [6, 6.07) is 27.4. The highest BCUT2D eigenvalue weighted by Gasteiger charge is 2.34. The van der Waals surface area contributed by atoms with E-state index >= 15 is 0 Å². The van der Waals surface area contributed by atoms with E-state index < -0.39 is 0 Å². The summed E-state index contributed by atoms with van der Waals surface area (Å²) in [7, 11) is 0. The number of ether oxygens (including phenoxy) is 1. The van der Waals surface area contributed by atoms with Crippen LogP contribution in [0, 0.1) is 0 Å². The molecular weight excluding hydrogens is 408 g/mol. The molecule has 1 amide bonds. The lowest BCUT2D eigenvalue weighted by Gasteiger charge is -2.38. The number of amides is 1. The number of rotatable bonds is 6.